The predicted molar refractivity (Wildman–Crippen MR) is 57.3 cm³/mol. The van der Waals surface area contributed by atoms with E-state index in [4.69, 9.17) is 5.26 Å². The Balaban J connectivity index is 2.51. The number of nitrogens with one attached hydrogen (secondary N) is 1. The van der Waals surface area contributed by atoms with Crippen molar-refractivity contribution in [3.05, 3.63) is 0 Å². The zero-order valence-electron chi connectivity index (χ0n) is 8.52. The summed E-state index contributed by atoms with van der Waals surface area (Å²) in [5, 5.41) is 11.0. The van der Waals surface area contributed by atoms with Crippen molar-refractivity contribution in [3.63, 3.8) is 0 Å². The Morgan fingerprint density at radius 1 is 1.60 bits per heavy atom. The van der Waals surface area contributed by atoms with E-state index in [1.54, 1.807) is 11.8 Å². The van der Waals surface area contributed by atoms with E-state index >= 15 is 0 Å². The maximum absolute atomic E-state index is 11.7. The summed E-state index contributed by atoms with van der Waals surface area (Å²) in [4.78, 5) is 24.1. The summed E-state index contributed by atoms with van der Waals surface area (Å²) in [5.74, 6) is 0.632. The van der Waals surface area contributed by atoms with Crippen LogP contribution in [0.1, 0.15) is 12.8 Å². The molecule has 1 rings (SSSR count). The fraction of sp³-hybridized carbons (Fsp3) is 0.667. The van der Waals surface area contributed by atoms with Crippen molar-refractivity contribution >= 4 is 23.7 Å². The normalized spacial score (nSPS) is 20.3. The molecule has 0 aromatic carbocycles. The van der Waals surface area contributed by atoms with E-state index in [-0.39, 0.29) is 24.9 Å². The van der Waals surface area contributed by atoms with Crippen LogP contribution in [0.5, 0.6) is 0 Å². The van der Waals surface area contributed by atoms with Crippen LogP contribution in [0, 0.1) is 11.3 Å². The smallest absolute Gasteiger partial charge is 0.324 e. The number of hydrogen-bond acceptors (Lipinski definition) is 4. The Hall–Kier alpha value is -1.22. The van der Waals surface area contributed by atoms with Gasteiger partial charge >= 0.3 is 6.03 Å². The van der Waals surface area contributed by atoms with Crippen LogP contribution in [0.3, 0.4) is 0 Å². The van der Waals surface area contributed by atoms with Crippen LogP contribution < -0.4 is 5.32 Å². The largest absolute Gasteiger partial charge is 0.326 e. The number of urea groups is 1. The van der Waals surface area contributed by atoms with Crippen molar-refractivity contribution < 1.29 is 9.59 Å². The van der Waals surface area contributed by atoms with Crippen molar-refractivity contribution in [1.82, 2.24) is 10.2 Å². The molecule has 15 heavy (non-hydrogen) atoms. The molecule has 1 heterocycles. The number of imide groups is 1. The molecule has 0 aliphatic carbocycles. The molecule has 0 bridgehead atoms. The van der Waals surface area contributed by atoms with Crippen LogP contribution in [0.2, 0.25) is 0 Å². The number of nitriles is 1. The van der Waals surface area contributed by atoms with E-state index < -0.39 is 6.04 Å². The summed E-state index contributed by atoms with van der Waals surface area (Å²) in [6.45, 7) is 0.191. The van der Waals surface area contributed by atoms with Gasteiger partial charge in [0.1, 0.15) is 6.04 Å². The third-order valence-electron chi connectivity index (χ3n) is 2.16. The lowest BCUT2D eigenvalue weighted by Gasteiger charge is -2.10. The molecule has 0 radical (unpaired) electrons. The summed E-state index contributed by atoms with van der Waals surface area (Å²) in [7, 11) is 0. The van der Waals surface area contributed by atoms with Crippen LogP contribution in [-0.2, 0) is 4.79 Å². The van der Waals surface area contributed by atoms with Crippen molar-refractivity contribution in [2.24, 2.45) is 0 Å². The molecule has 1 fully saturated rings. The van der Waals surface area contributed by atoms with Gasteiger partial charge in [0.2, 0.25) is 0 Å². The minimum atomic E-state index is -0.399. The molecule has 1 N–H and O–H groups in total. The van der Waals surface area contributed by atoms with E-state index in [0.29, 0.717) is 6.42 Å². The Morgan fingerprint density at radius 2 is 2.33 bits per heavy atom. The summed E-state index contributed by atoms with van der Waals surface area (Å²) >= 11 is 1.64. The number of rotatable bonds is 5. The van der Waals surface area contributed by atoms with Gasteiger partial charge in [-0.15, -0.1) is 0 Å². The average molecular weight is 227 g/mol. The maximum Gasteiger partial charge on any atom is 0.324 e. The van der Waals surface area contributed by atoms with Gasteiger partial charge in [0.25, 0.3) is 5.91 Å². The number of amides is 3. The van der Waals surface area contributed by atoms with Crippen molar-refractivity contribution in [1.29, 1.82) is 5.26 Å². The van der Waals surface area contributed by atoms with Gasteiger partial charge in [-0.25, -0.2) is 4.79 Å². The highest BCUT2D eigenvalue weighted by Gasteiger charge is 2.36. The zero-order valence-corrected chi connectivity index (χ0v) is 9.34. The quantitative estimate of drug-likeness (QED) is 0.697. The minimum Gasteiger partial charge on any atom is -0.326 e. The highest BCUT2D eigenvalue weighted by Crippen LogP contribution is 2.11. The predicted octanol–water partition coefficient (Wildman–Crippen LogP) is 0.574. The third-order valence-corrected chi connectivity index (χ3v) is 2.81. The van der Waals surface area contributed by atoms with E-state index in [1.165, 1.54) is 0 Å². The lowest BCUT2D eigenvalue weighted by atomic mass is 10.2. The van der Waals surface area contributed by atoms with Crippen LogP contribution in [0.15, 0.2) is 0 Å². The molecule has 3 amide bonds. The van der Waals surface area contributed by atoms with Gasteiger partial charge in [-0.2, -0.15) is 17.0 Å². The number of carbonyl (C=O) groups is 2. The van der Waals surface area contributed by atoms with Crippen LogP contribution in [0.4, 0.5) is 4.79 Å². The molecule has 0 spiro atoms. The fourth-order valence-electron chi connectivity index (χ4n) is 1.38. The summed E-state index contributed by atoms with van der Waals surface area (Å²) in [6.07, 6.45) is 2.79. The molecule has 1 atom stereocenters. The first kappa shape index (κ1) is 11.9. The monoisotopic (exact) mass is 227 g/mol. The molecule has 1 aliphatic heterocycles. The minimum absolute atomic E-state index is 0.189. The van der Waals surface area contributed by atoms with Gasteiger partial charge in [-0.3, -0.25) is 9.69 Å². The number of nitrogens with zero attached hydrogens (tertiary/aromatic N) is 2. The van der Waals surface area contributed by atoms with Crippen LogP contribution in [0.25, 0.3) is 0 Å². The average Bonchev–Trinajstić information content (AvgIpc) is 2.49. The van der Waals surface area contributed by atoms with Crippen LogP contribution >= 0.6 is 11.8 Å². The number of carbonyl (C=O) groups excluding carboxylic acids is 2. The highest BCUT2D eigenvalue weighted by atomic mass is 32.2. The molecule has 0 saturated carbocycles. The first-order valence-electron chi connectivity index (χ1n) is 4.68. The SMILES string of the molecule is CSCCC1NC(=O)N(CCC#N)C1=O. The second-order valence-electron chi connectivity index (χ2n) is 3.18. The van der Waals surface area contributed by atoms with Crippen molar-refractivity contribution in [2.75, 3.05) is 18.6 Å². The highest BCUT2D eigenvalue weighted by molar-refractivity contribution is 7.98. The molecular weight excluding hydrogens is 214 g/mol. The summed E-state index contributed by atoms with van der Waals surface area (Å²) in [5.41, 5.74) is 0. The van der Waals surface area contributed by atoms with Crippen molar-refractivity contribution in [2.45, 2.75) is 18.9 Å². The van der Waals surface area contributed by atoms with E-state index in [1.807, 2.05) is 12.3 Å². The zero-order chi connectivity index (χ0) is 11.3. The fourth-order valence-corrected chi connectivity index (χ4v) is 1.85. The second-order valence-corrected chi connectivity index (χ2v) is 4.17. The molecule has 0 aromatic heterocycles. The molecule has 0 aromatic rings. The van der Waals surface area contributed by atoms with Gasteiger partial charge in [0.15, 0.2) is 0 Å². The van der Waals surface area contributed by atoms with Crippen LogP contribution in [-0.4, -0.2) is 41.4 Å². The topological polar surface area (TPSA) is 73.2 Å². The molecular formula is C9H13N3O2S. The van der Waals surface area contributed by atoms with Gasteiger partial charge in [-0.1, -0.05) is 0 Å². The van der Waals surface area contributed by atoms with Gasteiger partial charge < -0.3 is 5.32 Å². The Kier molecular flexibility index (Phi) is 4.43. The third kappa shape index (κ3) is 2.86. The van der Waals surface area contributed by atoms with E-state index in [2.05, 4.69) is 5.32 Å². The second kappa shape index (κ2) is 5.61. The first-order chi connectivity index (χ1) is 7.20. The van der Waals surface area contributed by atoms with E-state index in [0.717, 1.165) is 10.7 Å². The standard InChI is InChI=1S/C9H13N3O2S/c1-15-6-3-7-8(13)12(5-2-4-10)9(14)11-7/h7H,2-3,5-6H2,1H3,(H,11,14). The molecule has 82 valence electrons. The van der Waals surface area contributed by atoms with Gasteiger partial charge in [-0.05, 0) is 18.4 Å². The molecule has 5 nitrogen and oxygen atoms in total. The Labute approximate surface area is 92.8 Å². The molecule has 1 aliphatic rings. The van der Waals surface area contributed by atoms with Gasteiger partial charge in [0, 0.05) is 6.54 Å². The number of hydrogen-bond donors (Lipinski definition) is 1. The first-order valence-corrected chi connectivity index (χ1v) is 6.08. The van der Waals surface area contributed by atoms with Gasteiger partial charge in [0.05, 0.1) is 12.5 Å². The summed E-state index contributed by atoms with van der Waals surface area (Å²) in [6, 6.07) is 1.14. The van der Waals surface area contributed by atoms with E-state index in [9.17, 15) is 9.59 Å². The van der Waals surface area contributed by atoms with Crippen molar-refractivity contribution in [3.8, 4) is 6.07 Å². The Morgan fingerprint density at radius 3 is 2.93 bits per heavy atom. The lowest BCUT2D eigenvalue weighted by Crippen LogP contribution is -2.32. The Bertz CT molecular complexity index is 300. The number of thioether (sulfide) groups is 1. The lowest BCUT2D eigenvalue weighted by molar-refractivity contribution is -0.127. The maximum atomic E-state index is 11.7. The molecule has 1 saturated heterocycles. The molecule has 1 unspecified atom stereocenters. The molecule has 6 heteroatoms. The summed E-state index contributed by atoms with van der Waals surface area (Å²) < 4.78 is 0.